The maximum atomic E-state index is 5.73. The Balaban J connectivity index is 2.50. The van der Waals surface area contributed by atoms with Crippen molar-refractivity contribution < 1.29 is 0 Å². The van der Waals surface area contributed by atoms with Crippen molar-refractivity contribution in [2.45, 2.75) is 52.4 Å². The van der Waals surface area contributed by atoms with Crippen LogP contribution in [0.25, 0.3) is 11.1 Å². The fourth-order valence-electron chi connectivity index (χ4n) is 2.65. The van der Waals surface area contributed by atoms with Crippen molar-refractivity contribution in [3.05, 3.63) is 53.6 Å². The maximum Gasteiger partial charge on any atom is 0.168 e. The fourth-order valence-corrected chi connectivity index (χ4v) is 2.76. The van der Waals surface area contributed by atoms with Gasteiger partial charge in [-0.1, -0.05) is 77.9 Å². The number of rotatable bonds is 2. The molecule has 0 unspecified atom stereocenters. The maximum absolute atomic E-state index is 5.73. The first-order valence-corrected chi connectivity index (χ1v) is 8.71. The van der Waals surface area contributed by atoms with E-state index in [1.165, 1.54) is 11.1 Å². The molecule has 0 aliphatic heterocycles. The first-order chi connectivity index (χ1) is 11.0. The Morgan fingerprint density at radius 2 is 1.33 bits per heavy atom. The van der Waals surface area contributed by atoms with Crippen LogP contribution in [-0.4, -0.2) is 5.11 Å². The molecule has 0 heterocycles. The van der Waals surface area contributed by atoms with Gasteiger partial charge in [-0.05, 0) is 45.8 Å². The molecule has 0 amide bonds. The van der Waals surface area contributed by atoms with E-state index in [-0.39, 0.29) is 15.9 Å². The Morgan fingerprint density at radius 1 is 0.833 bits per heavy atom. The van der Waals surface area contributed by atoms with Crippen LogP contribution < -0.4 is 11.1 Å². The fraction of sp³-hybridized carbons (Fsp3) is 0.381. The third-order valence-electron chi connectivity index (χ3n) is 4.21. The number of hydrogen-bond acceptors (Lipinski definition) is 1. The Labute approximate surface area is 151 Å². The minimum absolute atomic E-state index is 0.0707. The standard InChI is InChI=1S/C21H28N2S/c1-20(2,3)15-9-7-14(8-10-15)17-12-11-16(21(4,5)6)13-18(17)23-19(22)24/h7-13H,1-6H3,(H3,22,23,24). The van der Waals surface area contributed by atoms with Crippen molar-refractivity contribution in [1.82, 2.24) is 0 Å². The van der Waals surface area contributed by atoms with Crippen LogP contribution in [0, 0.1) is 0 Å². The summed E-state index contributed by atoms with van der Waals surface area (Å²) in [6.45, 7) is 13.3. The van der Waals surface area contributed by atoms with Crippen LogP contribution in [-0.2, 0) is 10.8 Å². The normalized spacial score (nSPS) is 12.1. The zero-order valence-corrected chi connectivity index (χ0v) is 16.3. The molecule has 0 aliphatic rings. The molecule has 0 saturated carbocycles. The predicted molar refractivity (Wildman–Crippen MR) is 110 cm³/mol. The lowest BCUT2D eigenvalue weighted by Crippen LogP contribution is -2.20. The third-order valence-corrected chi connectivity index (χ3v) is 4.31. The highest BCUT2D eigenvalue weighted by atomic mass is 32.1. The quantitative estimate of drug-likeness (QED) is 0.698. The van der Waals surface area contributed by atoms with Crippen molar-refractivity contribution in [2.24, 2.45) is 5.73 Å². The van der Waals surface area contributed by atoms with Crippen molar-refractivity contribution in [2.75, 3.05) is 5.32 Å². The molecular weight excluding hydrogens is 312 g/mol. The van der Waals surface area contributed by atoms with E-state index in [2.05, 4.69) is 89.3 Å². The summed E-state index contributed by atoms with van der Waals surface area (Å²) in [5.74, 6) is 0. The second-order valence-corrected chi connectivity index (χ2v) is 8.77. The van der Waals surface area contributed by atoms with E-state index in [0.717, 1.165) is 16.8 Å². The summed E-state index contributed by atoms with van der Waals surface area (Å²) in [6, 6.07) is 15.2. The molecule has 2 rings (SSSR count). The van der Waals surface area contributed by atoms with E-state index in [1.54, 1.807) is 0 Å². The zero-order valence-electron chi connectivity index (χ0n) is 15.5. The zero-order chi connectivity index (χ0) is 18.1. The van der Waals surface area contributed by atoms with Crippen LogP contribution in [0.4, 0.5) is 5.69 Å². The smallest absolute Gasteiger partial charge is 0.168 e. The van der Waals surface area contributed by atoms with Gasteiger partial charge >= 0.3 is 0 Å². The van der Waals surface area contributed by atoms with Crippen LogP contribution in [0.3, 0.4) is 0 Å². The van der Waals surface area contributed by atoms with E-state index >= 15 is 0 Å². The van der Waals surface area contributed by atoms with Crippen molar-refractivity contribution in [3.63, 3.8) is 0 Å². The molecule has 0 aliphatic carbocycles. The topological polar surface area (TPSA) is 38.0 Å². The molecular formula is C21H28N2S. The number of nitrogens with two attached hydrogens (primary N) is 1. The number of nitrogens with one attached hydrogen (secondary N) is 1. The molecule has 0 atom stereocenters. The highest BCUT2D eigenvalue weighted by molar-refractivity contribution is 7.80. The monoisotopic (exact) mass is 340 g/mol. The molecule has 3 heteroatoms. The summed E-state index contributed by atoms with van der Waals surface area (Å²) in [7, 11) is 0. The highest BCUT2D eigenvalue weighted by Gasteiger charge is 2.17. The molecule has 0 bridgehead atoms. The lowest BCUT2D eigenvalue weighted by atomic mass is 9.84. The van der Waals surface area contributed by atoms with E-state index in [4.69, 9.17) is 18.0 Å². The van der Waals surface area contributed by atoms with Gasteiger partial charge in [0.25, 0.3) is 0 Å². The largest absolute Gasteiger partial charge is 0.376 e. The first kappa shape index (κ1) is 18.5. The van der Waals surface area contributed by atoms with Crippen molar-refractivity contribution in [3.8, 4) is 11.1 Å². The van der Waals surface area contributed by atoms with Gasteiger partial charge in [-0.15, -0.1) is 0 Å². The second kappa shape index (κ2) is 6.56. The van der Waals surface area contributed by atoms with Gasteiger partial charge in [0, 0.05) is 11.3 Å². The first-order valence-electron chi connectivity index (χ1n) is 8.30. The summed E-state index contributed by atoms with van der Waals surface area (Å²) in [6.07, 6.45) is 0. The minimum Gasteiger partial charge on any atom is -0.376 e. The Kier molecular flexibility index (Phi) is 5.05. The van der Waals surface area contributed by atoms with Crippen LogP contribution in [0.5, 0.6) is 0 Å². The molecule has 2 nitrogen and oxygen atoms in total. The Hall–Kier alpha value is -1.87. The average molecular weight is 341 g/mol. The van der Waals surface area contributed by atoms with Crippen LogP contribution in [0.1, 0.15) is 52.7 Å². The lowest BCUT2D eigenvalue weighted by molar-refractivity contribution is 0.590. The van der Waals surface area contributed by atoms with Crippen LogP contribution >= 0.6 is 12.2 Å². The van der Waals surface area contributed by atoms with Gasteiger partial charge in [0.2, 0.25) is 0 Å². The molecule has 128 valence electrons. The number of benzene rings is 2. The highest BCUT2D eigenvalue weighted by Crippen LogP contribution is 2.34. The van der Waals surface area contributed by atoms with Crippen LogP contribution in [0.15, 0.2) is 42.5 Å². The predicted octanol–water partition coefficient (Wildman–Crippen LogP) is 5.60. The molecule has 24 heavy (non-hydrogen) atoms. The van der Waals surface area contributed by atoms with Crippen molar-refractivity contribution >= 4 is 23.0 Å². The van der Waals surface area contributed by atoms with Crippen molar-refractivity contribution in [1.29, 1.82) is 0 Å². The van der Waals surface area contributed by atoms with E-state index in [1.807, 2.05) is 0 Å². The molecule has 2 aromatic rings. The summed E-state index contributed by atoms with van der Waals surface area (Å²) in [5.41, 5.74) is 11.7. The molecule has 2 aromatic carbocycles. The van der Waals surface area contributed by atoms with E-state index in [9.17, 15) is 0 Å². The van der Waals surface area contributed by atoms with Gasteiger partial charge in [0.05, 0.1) is 0 Å². The van der Waals surface area contributed by atoms with Crippen LogP contribution in [0.2, 0.25) is 0 Å². The Morgan fingerprint density at radius 3 is 1.79 bits per heavy atom. The van der Waals surface area contributed by atoms with Gasteiger partial charge in [-0.3, -0.25) is 0 Å². The minimum atomic E-state index is 0.0707. The molecule has 0 fully saturated rings. The summed E-state index contributed by atoms with van der Waals surface area (Å²) in [4.78, 5) is 0. The number of hydrogen-bond donors (Lipinski definition) is 2. The molecule has 0 aromatic heterocycles. The lowest BCUT2D eigenvalue weighted by Gasteiger charge is -2.22. The summed E-state index contributed by atoms with van der Waals surface area (Å²) < 4.78 is 0. The van der Waals surface area contributed by atoms with E-state index < -0.39 is 0 Å². The summed E-state index contributed by atoms with van der Waals surface area (Å²) >= 11 is 5.06. The molecule has 0 radical (unpaired) electrons. The third kappa shape index (κ3) is 4.35. The van der Waals surface area contributed by atoms with Gasteiger partial charge < -0.3 is 11.1 Å². The second-order valence-electron chi connectivity index (χ2n) is 8.33. The molecule has 3 N–H and O–H groups in total. The molecule has 0 saturated heterocycles. The van der Waals surface area contributed by atoms with E-state index in [0.29, 0.717) is 0 Å². The van der Waals surface area contributed by atoms with Gasteiger partial charge in [0.1, 0.15) is 0 Å². The van der Waals surface area contributed by atoms with Gasteiger partial charge in [-0.25, -0.2) is 0 Å². The number of anilines is 1. The van der Waals surface area contributed by atoms with Gasteiger partial charge in [-0.2, -0.15) is 0 Å². The SMILES string of the molecule is CC(C)(C)c1ccc(-c2ccc(C(C)(C)C)cc2NC(N)=S)cc1. The Bertz CT molecular complexity index is 732. The van der Waals surface area contributed by atoms with Gasteiger partial charge in [0.15, 0.2) is 5.11 Å². The number of thiocarbonyl (C=S) groups is 1. The average Bonchev–Trinajstić information content (AvgIpc) is 2.45. The molecule has 0 spiro atoms. The summed E-state index contributed by atoms with van der Waals surface area (Å²) in [5, 5.41) is 3.42.